The molecule has 0 saturated heterocycles. The molecule has 0 amide bonds. The van der Waals surface area contributed by atoms with Crippen LogP contribution in [0.15, 0.2) is 134 Å². The van der Waals surface area contributed by atoms with Crippen LogP contribution in [0, 0.1) is 0 Å². The zero-order valence-corrected chi connectivity index (χ0v) is 55.2. The van der Waals surface area contributed by atoms with Crippen LogP contribution in [0.1, 0.15) is 271 Å². The first-order valence-electron chi connectivity index (χ1n) is 34.3. The van der Waals surface area contributed by atoms with Gasteiger partial charge in [0.1, 0.15) is 13.2 Å². The molecule has 2 atom stereocenters. The number of allylic oxidation sites excluding steroid dienone is 22. The number of carbonyl (C=O) groups excluding carboxylic acids is 3. The van der Waals surface area contributed by atoms with Crippen LogP contribution in [-0.2, 0) is 33.3 Å². The summed E-state index contributed by atoms with van der Waals surface area (Å²) in [6, 6.07) is 0. The molecular formula is C76H127NO8. The largest absolute Gasteiger partial charge is 0.545 e. The number of quaternary nitrogens is 1. The van der Waals surface area contributed by atoms with E-state index in [1.54, 1.807) is 0 Å². The lowest BCUT2D eigenvalue weighted by Crippen LogP contribution is -2.44. The van der Waals surface area contributed by atoms with Crippen LogP contribution in [-0.4, -0.2) is 82.3 Å². The molecule has 0 radical (unpaired) electrons. The number of nitrogens with zero attached hydrogens (tertiary/aromatic N) is 1. The van der Waals surface area contributed by atoms with Crippen LogP contribution in [0.4, 0.5) is 0 Å². The Morgan fingerprint density at radius 3 is 1.00 bits per heavy atom. The highest BCUT2D eigenvalue weighted by Gasteiger charge is 2.22. The van der Waals surface area contributed by atoms with Gasteiger partial charge in [0, 0.05) is 12.8 Å². The summed E-state index contributed by atoms with van der Waals surface area (Å²) in [4.78, 5) is 37.4. The van der Waals surface area contributed by atoms with E-state index in [-0.39, 0.29) is 38.6 Å². The average Bonchev–Trinajstić information content (AvgIpc) is 3.49. The van der Waals surface area contributed by atoms with Crippen molar-refractivity contribution in [3.63, 3.8) is 0 Å². The van der Waals surface area contributed by atoms with Crippen molar-refractivity contribution in [1.29, 1.82) is 0 Å². The fourth-order valence-electron chi connectivity index (χ4n) is 9.15. The summed E-state index contributed by atoms with van der Waals surface area (Å²) in [5.74, 6) is -2.30. The maximum atomic E-state index is 12.9. The molecule has 0 N–H and O–H groups in total. The van der Waals surface area contributed by atoms with Crippen molar-refractivity contribution in [2.24, 2.45) is 0 Å². The van der Waals surface area contributed by atoms with Gasteiger partial charge in [-0.25, -0.2) is 0 Å². The summed E-state index contributed by atoms with van der Waals surface area (Å²) in [6.07, 6.45) is 90.9. The van der Waals surface area contributed by atoms with Crippen LogP contribution in [0.2, 0.25) is 0 Å². The van der Waals surface area contributed by atoms with E-state index in [2.05, 4.69) is 148 Å². The first-order chi connectivity index (χ1) is 41.6. The smallest absolute Gasteiger partial charge is 0.306 e. The Morgan fingerprint density at radius 2 is 0.671 bits per heavy atom. The molecule has 0 aliphatic heterocycles. The normalized spacial score (nSPS) is 13.6. The number of rotatable bonds is 62. The molecule has 0 aromatic heterocycles. The van der Waals surface area contributed by atoms with Gasteiger partial charge in [-0.1, -0.05) is 276 Å². The Bertz CT molecular complexity index is 1860. The minimum absolute atomic E-state index is 0.141. The fourth-order valence-corrected chi connectivity index (χ4v) is 9.15. The van der Waals surface area contributed by atoms with E-state index in [1.165, 1.54) is 116 Å². The second kappa shape index (κ2) is 65.4. The predicted octanol–water partition coefficient (Wildman–Crippen LogP) is 20.0. The number of unbranched alkanes of at least 4 members (excludes halogenated alkanes) is 25. The highest BCUT2D eigenvalue weighted by atomic mass is 16.7. The third-order valence-electron chi connectivity index (χ3n) is 14.4. The molecular weight excluding hydrogens is 1050 g/mol. The van der Waals surface area contributed by atoms with E-state index in [1.807, 2.05) is 21.1 Å². The molecule has 9 nitrogen and oxygen atoms in total. The van der Waals surface area contributed by atoms with Crippen molar-refractivity contribution < 1.29 is 42.9 Å². The first kappa shape index (κ1) is 80.4. The molecule has 0 aromatic rings. The van der Waals surface area contributed by atoms with E-state index in [0.29, 0.717) is 17.4 Å². The number of esters is 2. The van der Waals surface area contributed by atoms with Gasteiger partial charge in [-0.3, -0.25) is 9.59 Å². The predicted molar refractivity (Wildman–Crippen MR) is 361 cm³/mol. The number of likely N-dealkylation sites (N-methyl/N-ethyl adjacent to an activating group) is 1. The molecule has 85 heavy (non-hydrogen) atoms. The Labute approximate surface area is 522 Å². The third-order valence-corrected chi connectivity index (χ3v) is 14.4. The minimum Gasteiger partial charge on any atom is -0.545 e. The molecule has 0 spiro atoms. The number of ether oxygens (including phenoxy) is 4. The molecule has 2 unspecified atom stereocenters. The van der Waals surface area contributed by atoms with E-state index in [0.717, 1.165) is 122 Å². The lowest BCUT2D eigenvalue weighted by molar-refractivity contribution is -0.870. The molecule has 9 heteroatoms. The number of carboxylic acids is 1. The van der Waals surface area contributed by atoms with Crippen molar-refractivity contribution in [2.45, 2.75) is 283 Å². The van der Waals surface area contributed by atoms with Crippen LogP contribution in [0.3, 0.4) is 0 Å². The van der Waals surface area contributed by atoms with Gasteiger partial charge in [0.15, 0.2) is 12.4 Å². The van der Waals surface area contributed by atoms with Crippen molar-refractivity contribution in [2.75, 3.05) is 47.5 Å². The van der Waals surface area contributed by atoms with Gasteiger partial charge in [-0.2, -0.15) is 0 Å². The Morgan fingerprint density at radius 1 is 0.365 bits per heavy atom. The standard InChI is InChI=1S/C76H127NO8/c1-6-8-10-12-14-16-18-20-22-24-26-28-29-30-31-32-33-34-35-36-37-38-39-40-41-42-43-44-45-47-49-51-53-55-57-59-61-63-65-67-74(79)85-72(71-84-76(75(80)81)82-69-68-77(3,4)5)70-83-73(78)66-64-62-60-58-56-54-52-50-48-46-27-25-23-21-19-17-15-13-11-9-7-2/h8,10,14,16,19-22,25-28,30-31,33-34,36-37,39-40,42-43,72,76H,6-7,9,11-13,15,17-18,23-24,29,32,35,38,41,44-71H2,1-5H3/b10-8-,16-14-,21-19-,22-20-,27-25-,28-26-,31-30-,34-33-,37-36-,40-39-,43-42-. The van der Waals surface area contributed by atoms with Gasteiger partial charge in [-0.15, -0.1) is 0 Å². The molecule has 0 aromatic carbocycles. The Kier molecular flexibility index (Phi) is 61.9. The monoisotopic (exact) mass is 1180 g/mol. The summed E-state index contributed by atoms with van der Waals surface area (Å²) in [5.41, 5.74) is 0. The molecule has 484 valence electrons. The quantitative estimate of drug-likeness (QED) is 0.0195. The second-order valence-electron chi connectivity index (χ2n) is 23.7. The van der Waals surface area contributed by atoms with Crippen LogP contribution in [0.25, 0.3) is 0 Å². The first-order valence-corrected chi connectivity index (χ1v) is 34.3. The number of carbonyl (C=O) groups is 3. The van der Waals surface area contributed by atoms with Gasteiger partial charge in [0.05, 0.1) is 40.3 Å². The molecule has 0 saturated carbocycles. The van der Waals surface area contributed by atoms with Gasteiger partial charge in [0.2, 0.25) is 0 Å². The van der Waals surface area contributed by atoms with Gasteiger partial charge in [-0.05, 0) is 116 Å². The van der Waals surface area contributed by atoms with Gasteiger partial charge < -0.3 is 33.3 Å². The molecule has 0 heterocycles. The van der Waals surface area contributed by atoms with Crippen molar-refractivity contribution >= 4 is 17.9 Å². The van der Waals surface area contributed by atoms with E-state index >= 15 is 0 Å². The number of hydrogen-bond donors (Lipinski definition) is 0. The SMILES string of the molecule is CC/C=C\C/C=C\C/C=C\C/C=C\C/C=C\C/C=C\C/C=C\C/C=C\C/C=C\CCCCCCCCCCCCCC(=O)OC(COC(=O)CCCCCCCCCCC/C=C\C/C=C\CCCCCCC)COC(OCC[N+](C)(C)C)C(=O)[O-]. The van der Waals surface area contributed by atoms with E-state index in [4.69, 9.17) is 18.9 Å². The topological polar surface area (TPSA) is 111 Å². The van der Waals surface area contributed by atoms with Crippen molar-refractivity contribution in [3.8, 4) is 0 Å². The maximum Gasteiger partial charge on any atom is 0.306 e. The minimum atomic E-state index is -1.63. The molecule has 0 fully saturated rings. The maximum absolute atomic E-state index is 12.9. The lowest BCUT2D eigenvalue weighted by atomic mass is 10.0. The fraction of sp³-hybridized carbons (Fsp3) is 0.671. The van der Waals surface area contributed by atoms with Gasteiger partial charge >= 0.3 is 11.9 Å². The zero-order chi connectivity index (χ0) is 61.9. The second-order valence-corrected chi connectivity index (χ2v) is 23.7. The summed E-state index contributed by atoms with van der Waals surface area (Å²) in [5, 5.41) is 11.8. The summed E-state index contributed by atoms with van der Waals surface area (Å²) >= 11 is 0. The van der Waals surface area contributed by atoms with Crippen LogP contribution < -0.4 is 5.11 Å². The highest BCUT2D eigenvalue weighted by Crippen LogP contribution is 2.16. The average molecular weight is 1180 g/mol. The Hall–Kier alpha value is -4.57. The molecule has 0 bridgehead atoms. The molecule has 0 aliphatic carbocycles. The summed E-state index contributed by atoms with van der Waals surface area (Å²) < 4.78 is 22.8. The highest BCUT2D eigenvalue weighted by molar-refractivity contribution is 5.70. The third kappa shape index (κ3) is 66.8. The zero-order valence-electron chi connectivity index (χ0n) is 55.2. The number of aliphatic carboxylic acids is 1. The van der Waals surface area contributed by atoms with Crippen LogP contribution in [0.5, 0.6) is 0 Å². The summed E-state index contributed by atoms with van der Waals surface area (Å²) in [7, 11) is 5.92. The van der Waals surface area contributed by atoms with E-state index < -0.39 is 24.3 Å². The molecule has 0 aliphatic rings. The Balaban J connectivity index is 4.15. The molecule has 0 rings (SSSR count). The van der Waals surface area contributed by atoms with Gasteiger partial charge in [0.25, 0.3) is 0 Å². The van der Waals surface area contributed by atoms with Crippen LogP contribution >= 0.6 is 0 Å². The number of carboxylic acid groups (broad SMARTS) is 1. The van der Waals surface area contributed by atoms with Crippen molar-refractivity contribution in [3.05, 3.63) is 134 Å². The van der Waals surface area contributed by atoms with Crippen molar-refractivity contribution in [1.82, 2.24) is 0 Å². The lowest BCUT2D eigenvalue weighted by Gasteiger charge is -2.26. The number of hydrogen-bond acceptors (Lipinski definition) is 8. The van der Waals surface area contributed by atoms with E-state index in [9.17, 15) is 19.5 Å². The summed E-state index contributed by atoms with van der Waals surface area (Å²) in [6.45, 7) is 4.62.